The number of alkyl carbamates (subject to hydrolysis) is 1. The van der Waals surface area contributed by atoms with Gasteiger partial charge >= 0.3 is 12.1 Å². The maximum atomic E-state index is 12.1. The zero-order chi connectivity index (χ0) is 21.8. The molecule has 0 aliphatic heterocycles. The van der Waals surface area contributed by atoms with Gasteiger partial charge in [0.05, 0.1) is 5.69 Å². The van der Waals surface area contributed by atoms with Crippen molar-refractivity contribution in [3.63, 3.8) is 0 Å². The van der Waals surface area contributed by atoms with Gasteiger partial charge in [-0.2, -0.15) is 0 Å². The molecule has 31 heavy (non-hydrogen) atoms. The number of carbonyl (C=O) groups is 2. The second kappa shape index (κ2) is 8.71. The van der Waals surface area contributed by atoms with Crippen LogP contribution in [-0.2, 0) is 4.74 Å². The SMILES string of the molecule is Nc1cc(C=CCNC(=O)OCC2c3ccccc3-c3ccccc32)cnc1C(=O)O. The van der Waals surface area contributed by atoms with Crippen molar-refractivity contribution in [3.05, 3.63) is 89.3 Å². The summed E-state index contributed by atoms with van der Waals surface area (Å²) >= 11 is 0. The number of ether oxygens (including phenoxy) is 1. The molecule has 7 heteroatoms. The minimum atomic E-state index is -1.18. The van der Waals surface area contributed by atoms with Crippen LogP contribution < -0.4 is 11.1 Å². The first-order chi connectivity index (χ1) is 15.0. The van der Waals surface area contributed by atoms with E-state index in [0.29, 0.717) is 5.56 Å². The maximum absolute atomic E-state index is 12.1. The molecule has 0 fully saturated rings. The van der Waals surface area contributed by atoms with Crippen molar-refractivity contribution >= 4 is 23.8 Å². The van der Waals surface area contributed by atoms with Gasteiger partial charge in [-0.3, -0.25) is 0 Å². The number of anilines is 1. The molecule has 0 bridgehead atoms. The number of aromatic carboxylic acids is 1. The van der Waals surface area contributed by atoms with Crippen LogP contribution in [0.25, 0.3) is 17.2 Å². The second-order valence-corrected chi connectivity index (χ2v) is 7.12. The van der Waals surface area contributed by atoms with E-state index in [4.69, 9.17) is 15.6 Å². The van der Waals surface area contributed by atoms with Crippen LogP contribution in [0.5, 0.6) is 0 Å². The van der Waals surface area contributed by atoms with Gasteiger partial charge in [0.25, 0.3) is 0 Å². The number of nitrogens with one attached hydrogen (secondary N) is 1. The molecule has 1 aliphatic carbocycles. The van der Waals surface area contributed by atoms with Crippen LogP contribution >= 0.6 is 0 Å². The number of nitrogen functional groups attached to an aromatic ring is 1. The van der Waals surface area contributed by atoms with E-state index in [-0.39, 0.29) is 30.5 Å². The van der Waals surface area contributed by atoms with Gasteiger partial charge in [-0.05, 0) is 33.9 Å². The van der Waals surface area contributed by atoms with Gasteiger partial charge in [-0.1, -0.05) is 60.7 Å². The Labute approximate surface area is 179 Å². The Morgan fingerprint density at radius 1 is 1.10 bits per heavy atom. The minimum Gasteiger partial charge on any atom is -0.476 e. The standard InChI is InChI=1S/C24H21N3O4/c25-21-12-15(13-27-22(21)23(28)29)6-5-11-26-24(30)31-14-20-18-9-3-1-7-16(18)17-8-2-4-10-19(17)20/h1-10,12-13,20H,11,14,25H2,(H,26,30)(H,28,29). The summed E-state index contributed by atoms with van der Waals surface area (Å²) in [5.74, 6) is -1.17. The smallest absolute Gasteiger partial charge is 0.407 e. The molecule has 1 amide bonds. The summed E-state index contributed by atoms with van der Waals surface area (Å²) in [5.41, 5.74) is 10.9. The number of nitrogens with zero attached hydrogens (tertiary/aromatic N) is 1. The van der Waals surface area contributed by atoms with Gasteiger partial charge in [0.2, 0.25) is 0 Å². The summed E-state index contributed by atoms with van der Waals surface area (Å²) in [7, 11) is 0. The molecule has 1 aromatic heterocycles. The Balaban J connectivity index is 1.32. The number of rotatable bonds is 6. The van der Waals surface area contributed by atoms with E-state index in [9.17, 15) is 9.59 Å². The molecule has 0 saturated heterocycles. The number of hydrogen-bond donors (Lipinski definition) is 3. The molecule has 0 atom stereocenters. The van der Waals surface area contributed by atoms with Crippen molar-refractivity contribution in [1.82, 2.24) is 10.3 Å². The van der Waals surface area contributed by atoms with Crippen molar-refractivity contribution in [2.45, 2.75) is 5.92 Å². The molecule has 0 radical (unpaired) electrons. The van der Waals surface area contributed by atoms with E-state index in [1.807, 2.05) is 24.3 Å². The zero-order valence-corrected chi connectivity index (χ0v) is 16.6. The van der Waals surface area contributed by atoms with Crippen molar-refractivity contribution in [2.24, 2.45) is 0 Å². The Hall–Kier alpha value is -4.13. The zero-order valence-electron chi connectivity index (χ0n) is 16.6. The lowest BCUT2D eigenvalue weighted by Crippen LogP contribution is -2.26. The van der Waals surface area contributed by atoms with E-state index in [1.54, 1.807) is 12.2 Å². The highest BCUT2D eigenvalue weighted by molar-refractivity contribution is 5.91. The molecule has 0 unspecified atom stereocenters. The highest BCUT2D eigenvalue weighted by Gasteiger charge is 2.28. The van der Waals surface area contributed by atoms with E-state index in [2.05, 4.69) is 34.6 Å². The van der Waals surface area contributed by atoms with Gasteiger partial charge in [-0.25, -0.2) is 14.6 Å². The number of pyridine rings is 1. The number of aromatic nitrogens is 1. The van der Waals surface area contributed by atoms with Crippen LogP contribution in [0.1, 0.15) is 33.1 Å². The fourth-order valence-electron chi connectivity index (χ4n) is 3.76. The second-order valence-electron chi connectivity index (χ2n) is 7.12. The molecule has 1 heterocycles. The van der Waals surface area contributed by atoms with E-state index >= 15 is 0 Å². The van der Waals surface area contributed by atoms with Crippen LogP contribution in [0.15, 0.2) is 66.9 Å². The first kappa shape index (κ1) is 20.2. The van der Waals surface area contributed by atoms with Gasteiger partial charge in [0.1, 0.15) is 6.61 Å². The molecule has 156 valence electrons. The van der Waals surface area contributed by atoms with Crippen LogP contribution in [0.4, 0.5) is 10.5 Å². The number of nitrogens with two attached hydrogens (primary N) is 1. The number of carbonyl (C=O) groups excluding carboxylic acids is 1. The van der Waals surface area contributed by atoms with Crippen LogP contribution in [0.3, 0.4) is 0 Å². The molecule has 0 saturated carbocycles. The van der Waals surface area contributed by atoms with Crippen molar-refractivity contribution in [1.29, 1.82) is 0 Å². The van der Waals surface area contributed by atoms with Crippen LogP contribution in [0, 0.1) is 0 Å². The number of amides is 1. The van der Waals surface area contributed by atoms with Gasteiger partial charge in [0, 0.05) is 18.7 Å². The lowest BCUT2D eigenvalue weighted by Gasteiger charge is -2.14. The van der Waals surface area contributed by atoms with Crippen molar-refractivity contribution in [3.8, 4) is 11.1 Å². The summed E-state index contributed by atoms with van der Waals surface area (Å²) in [4.78, 5) is 26.9. The maximum Gasteiger partial charge on any atom is 0.407 e. The van der Waals surface area contributed by atoms with E-state index in [1.165, 1.54) is 23.4 Å². The Kier molecular flexibility index (Phi) is 5.66. The van der Waals surface area contributed by atoms with Crippen molar-refractivity contribution in [2.75, 3.05) is 18.9 Å². The number of carboxylic acids is 1. The minimum absolute atomic E-state index is 0.00971. The number of hydrogen-bond acceptors (Lipinski definition) is 5. The average Bonchev–Trinajstić information content (AvgIpc) is 3.09. The third-order valence-electron chi connectivity index (χ3n) is 5.16. The molecule has 2 aromatic carbocycles. The van der Waals surface area contributed by atoms with E-state index < -0.39 is 12.1 Å². The molecule has 4 N–H and O–H groups in total. The van der Waals surface area contributed by atoms with Gasteiger partial charge in [0.15, 0.2) is 5.69 Å². The summed E-state index contributed by atoms with van der Waals surface area (Å²) in [5, 5.41) is 11.6. The summed E-state index contributed by atoms with van der Waals surface area (Å²) in [6, 6.07) is 17.8. The Morgan fingerprint density at radius 3 is 2.35 bits per heavy atom. The fourth-order valence-corrected chi connectivity index (χ4v) is 3.76. The normalized spacial score (nSPS) is 12.4. The Morgan fingerprint density at radius 2 is 1.74 bits per heavy atom. The lowest BCUT2D eigenvalue weighted by molar-refractivity contribution is 0.0691. The van der Waals surface area contributed by atoms with Crippen LogP contribution in [0.2, 0.25) is 0 Å². The topological polar surface area (TPSA) is 115 Å². The quantitative estimate of drug-likeness (QED) is 0.562. The van der Waals surface area contributed by atoms with Gasteiger partial charge in [-0.15, -0.1) is 0 Å². The third kappa shape index (κ3) is 4.25. The van der Waals surface area contributed by atoms with Crippen molar-refractivity contribution < 1.29 is 19.4 Å². The Bertz CT molecular complexity index is 1130. The first-order valence-corrected chi connectivity index (χ1v) is 9.79. The molecule has 1 aliphatic rings. The number of carboxylic acid groups (broad SMARTS) is 1. The molecule has 7 nitrogen and oxygen atoms in total. The number of fused-ring (bicyclic) bond motifs is 3. The summed E-state index contributed by atoms with van der Waals surface area (Å²) < 4.78 is 5.47. The average molecular weight is 415 g/mol. The molecule has 3 aromatic rings. The molecule has 4 rings (SSSR count). The first-order valence-electron chi connectivity index (χ1n) is 9.79. The highest BCUT2D eigenvalue weighted by Crippen LogP contribution is 2.44. The van der Waals surface area contributed by atoms with E-state index in [0.717, 1.165) is 11.1 Å². The van der Waals surface area contributed by atoms with Crippen LogP contribution in [-0.4, -0.2) is 35.3 Å². The molecular weight excluding hydrogens is 394 g/mol. The lowest BCUT2D eigenvalue weighted by atomic mass is 9.98. The summed E-state index contributed by atoms with van der Waals surface area (Å²) in [6.07, 6.45) is 4.30. The molecular formula is C24H21N3O4. The fraction of sp³-hybridized carbons (Fsp3) is 0.125. The molecule has 0 spiro atoms. The summed E-state index contributed by atoms with van der Waals surface area (Å²) in [6.45, 7) is 0.498. The highest BCUT2D eigenvalue weighted by atomic mass is 16.5. The monoisotopic (exact) mass is 415 g/mol. The predicted octanol–water partition coefficient (Wildman–Crippen LogP) is 3.91. The predicted molar refractivity (Wildman–Crippen MR) is 118 cm³/mol. The van der Waals surface area contributed by atoms with Gasteiger partial charge < -0.3 is 20.9 Å². The largest absolute Gasteiger partial charge is 0.476 e. The third-order valence-corrected chi connectivity index (χ3v) is 5.16. The number of benzene rings is 2.